The van der Waals surface area contributed by atoms with Gasteiger partial charge in [-0.15, -0.1) is 0 Å². The SMILES string of the molecule is COc1cc([N+](=O)[O-])cc2c(C)cc(C)nc12. The summed E-state index contributed by atoms with van der Waals surface area (Å²) < 4.78 is 5.16. The van der Waals surface area contributed by atoms with Crippen LogP contribution in [0.4, 0.5) is 5.69 Å². The van der Waals surface area contributed by atoms with Crippen LogP contribution in [0.5, 0.6) is 5.75 Å². The van der Waals surface area contributed by atoms with Gasteiger partial charge in [-0.05, 0) is 25.5 Å². The molecule has 1 aromatic heterocycles. The number of nitro groups is 1. The number of nitrogens with zero attached hydrogens (tertiary/aromatic N) is 2. The van der Waals surface area contributed by atoms with E-state index in [0.717, 1.165) is 16.6 Å². The van der Waals surface area contributed by atoms with E-state index in [4.69, 9.17) is 4.74 Å². The van der Waals surface area contributed by atoms with Crippen molar-refractivity contribution in [2.45, 2.75) is 13.8 Å². The van der Waals surface area contributed by atoms with Crippen LogP contribution in [0.1, 0.15) is 11.3 Å². The Morgan fingerprint density at radius 3 is 2.59 bits per heavy atom. The van der Waals surface area contributed by atoms with E-state index >= 15 is 0 Å². The number of rotatable bonds is 2. The number of hydrogen-bond acceptors (Lipinski definition) is 4. The van der Waals surface area contributed by atoms with Crippen LogP contribution in [0.15, 0.2) is 18.2 Å². The molecule has 0 atom stereocenters. The molecule has 5 nitrogen and oxygen atoms in total. The number of aromatic nitrogens is 1. The molecule has 0 radical (unpaired) electrons. The molecule has 1 aromatic carbocycles. The molecule has 5 heteroatoms. The molecule has 0 fully saturated rings. The molecule has 0 saturated carbocycles. The third-order valence-electron chi connectivity index (χ3n) is 2.63. The minimum absolute atomic E-state index is 0.0168. The van der Waals surface area contributed by atoms with E-state index in [9.17, 15) is 10.1 Å². The minimum atomic E-state index is -0.429. The fraction of sp³-hybridized carbons (Fsp3) is 0.250. The standard InChI is InChI=1S/C12H12N2O3/c1-7-4-8(2)13-12-10(7)5-9(14(15)16)6-11(12)17-3/h4-6H,1-3H3. The number of ether oxygens (including phenoxy) is 1. The summed E-state index contributed by atoms with van der Waals surface area (Å²) in [5.41, 5.74) is 2.50. The average molecular weight is 232 g/mol. The van der Waals surface area contributed by atoms with Crippen molar-refractivity contribution in [1.29, 1.82) is 0 Å². The highest BCUT2D eigenvalue weighted by molar-refractivity contribution is 5.89. The fourth-order valence-electron chi connectivity index (χ4n) is 1.87. The number of fused-ring (bicyclic) bond motifs is 1. The summed E-state index contributed by atoms with van der Waals surface area (Å²) in [7, 11) is 1.48. The summed E-state index contributed by atoms with van der Waals surface area (Å²) in [5, 5.41) is 11.6. The van der Waals surface area contributed by atoms with Crippen LogP contribution >= 0.6 is 0 Å². The second-order valence-corrected chi connectivity index (χ2v) is 3.88. The molecular formula is C12H12N2O3. The van der Waals surface area contributed by atoms with E-state index in [-0.39, 0.29) is 5.69 Å². The lowest BCUT2D eigenvalue weighted by atomic mass is 10.1. The van der Waals surface area contributed by atoms with Crippen LogP contribution in [-0.2, 0) is 0 Å². The summed E-state index contributed by atoms with van der Waals surface area (Å²) in [5.74, 6) is 0.431. The Kier molecular flexibility index (Phi) is 2.67. The average Bonchev–Trinajstić information content (AvgIpc) is 2.27. The van der Waals surface area contributed by atoms with Crippen LogP contribution in [-0.4, -0.2) is 17.0 Å². The molecule has 88 valence electrons. The van der Waals surface area contributed by atoms with Crippen LogP contribution in [0.2, 0.25) is 0 Å². The predicted octanol–water partition coefficient (Wildman–Crippen LogP) is 2.77. The minimum Gasteiger partial charge on any atom is -0.494 e. The van der Waals surface area contributed by atoms with Gasteiger partial charge in [0.1, 0.15) is 5.52 Å². The lowest BCUT2D eigenvalue weighted by Crippen LogP contribution is -1.95. The van der Waals surface area contributed by atoms with Gasteiger partial charge >= 0.3 is 0 Å². The van der Waals surface area contributed by atoms with Gasteiger partial charge in [-0.1, -0.05) is 0 Å². The van der Waals surface area contributed by atoms with Crippen molar-refractivity contribution in [2.24, 2.45) is 0 Å². The molecule has 2 aromatic rings. The smallest absolute Gasteiger partial charge is 0.273 e. The number of methoxy groups -OCH3 is 1. The monoisotopic (exact) mass is 232 g/mol. The van der Waals surface area contributed by atoms with Gasteiger partial charge in [0.2, 0.25) is 0 Å². The lowest BCUT2D eigenvalue weighted by molar-refractivity contribution is -0.384. The Morgan fingerprint density at radius 2 is 2.00 bits per heavy atom. The van der Waals surface area contributed by atoms with Gasteiger partial charge in [0.05, 0.1) is 18.1 Å². The molecule has 2 rings (SSSR count). The first-order chi connectivity index (χ1) is 8.02. The first-order valence-corrected chi connectivity index (χ1v) is 5.13. The summed E-state index contributed by atoms with van der Waals surface area (Å²) in [6.45, 7) is 3.79. The predicted molar refractivity (Wildman–Crippen MR) is 64.4 cm³/mol. The Morgan fingerprint density at radius 1 is 1.29 bits per heavy atom. The molecule has 0 amide bonds. The van der Waals surface area contributed by atoms with Gasteiger partial charge in [-0.3, -0.25) is 10.1 Å². The van der Waals surface area contributed by atoms with Crippen LogP contribution in [0.3, 0.4) is 0 Å². The highest BCUT2D eigenvalue weighted by atomic mass is 16.6. The zero-order valence-corrected chi connectivity index (χ0v) is 9.85. The van der Waals surface area contributed by atoms with Crippen molar-refractivity contribution in [3.05, 3.63) is 39.6 Å². The summed E-state index contributed by atoms with van der Waals surface area (Å²) in [6.07, 6.45) is 0. The molecule has 0 bridgehead atoms. The molecule has 0 aliphatic rings. The number of benzene rings is 1. The lowest BCUT2D eigenvalue weighted by Gasteiger charge is -2.08. The third kappa shape index (κ3) is 1.91. The maximum absolute atomic E-state index is 10.8. The molecule has 0 aliphatic carbocycles. The largest absolute Gasteiger partial charge is 0.494 e. The summed E-state index contributed by atoms with van der Waals surface area (Å²) >= 11 is 0. The van der Waals surface area contributed by atoms with E-state index in [1.807, 2.05) is 19.9 Å². The first kappa shape index (κ1) is 11.3. The molecule has 1 heterocycles. The van der Waals surface area contributed by atoms with Crippen LogP contribution in [0.25, 0.3) is 10.9 Å². The second kappa shape index (κ2) is 4.01. The fourth-order valence-corrected chi connectivity index (χ4v) is 1.87. The van der Waals surface area contributed by atoms with E-state index < -0.39 is 4.92 Å². The number of pyridine rings is 1. The number of nitro benzene ring substituents is 1. The molecule has 0 spiro atoms. The zero-order chi connectivity index (χ0) is 12.6. The number of non-ortho nitro benzene ring substituents is 1. The quantitative estimate of drug-likeness (QED) is 0.589. The van der Waals surface area contributed by atoms with Gasteiger partial charge in [0, 0.05) is 17.1 Å². The molecule has 0 unspecified atom stereocenters. The van der Waals surface area contributed by atoms with Gasteiger partial charge in [0.15, 0.2) is 5.75 Å². The summed E-state index contributed by atoms with van der Waals surface area (Å²) in [4.78, 5) is 14.8. The highest BCUT2D eigenvalue weighted by Gasteiger charge is 2.14. The van der Waals surface area contributed by atoms with Crippen molar-refractivity contribution in [1.82, 2.24) is 4.98 Å². The van der Waals surface area contributed by atoms with Gasteiger partial charge in [-0.2, -0.15) is 0 Å². The van der Waals surface area contributed by atoms with E-state index in [1.54, 1.807) is 0 Å². The Hall–Kier alpha value is -2.17. The number of aryl methyl sites for hydroxylation is 2. The highest BCUT2D eigenvalue weighted by Crippen LogP contribution is 2.31. The molecule has 0 saturated heterocycles. The van der Waals surface area contributed by atoms with Crippen molar-refractivity contribution in [2.75, 3.05) is 7.11 Å². The Bertz CT molecular complexity index is 608. The van der Waals surface area contributed by atoms with Gasteiger partial charge < -0.3 is 4.74 Å². The van der Waals surface area contributed by atoms with E-state index in [2.05, 4.69) is 4.98 Å². The maximum Gasteiger partial charge on any atom is 0.273 e. The number of hydrogen-bond donors (Lipinski definition) is 0. The van der Waals surface area contributed by atoms with Crippen LogP contribution < -0.4 is 4.74 Å². The second-order valence-electron chi connectivity index (χ2n) is 3.88. The maximum atomic E-state index is 10.8. The van der Waals surface area contributed by atoms with Crippen molar-refractivity contribution >= 4 is 16.6 Å². The van der Waals surface area contributed by atoms with Gasteiger partial charge in [-0.25, -0.2) is 4.98 Å². The normalized spacial score (nSPS) is 10.5. The van der Waals surface area contributed by atoms with Gasteiger partial charge in [0.25, 0.3) is 5.69 Å². The third-order valence-corrected chi connectivity index (χ3v) is 2.63. The van der Waals surface area contributed by atoms with E-state index in [1.165, 1.54) is 19.2 Å². The van der Waals surface area contributed by atoms with Crippen molar-refractivity contribution in [3.8, 4) is 5.75 Å². The zero-order valence-electron chi connectivity index (χ0n) is 9.85. The molecular weight excluding hydrogens is 220 g/mol. The summed E-state index contributed by atoms with van der Waals surface area (Å²) in [6, 6.07) is 4.82. The van der Waals surface area contributed by atoms with Crippen molar-refractivity contribution in [3.63, 3.8) is 0 Å². The molecule has 0 aliphatic heterocycles. The Labute approximate surface area is 98.2 Å². The van der Waals surface area contributed by atoms with Crippen molar-refractivity contribution < 1.29 is 9.66 Å². The molecule has 0 N–H and O–H groups in total. The first-order valence-electron chi connectivity index (χ1n) is 5.13. The Balaban J connectivity index is 2.87. The van der Waals surface area contributed by atoms with Crippen LogP contribution in [0, 0.1) is 24.0 Å². The molecule has 17 heavy (non-hydrogen) atoms. The topological polar surface area (TPSA) is 65.3 Å². The van der Waals surface area contributed by atoms with E-state index in [0.29, 0.717) is 11.3 Å².